The summed E-state index contributed by atoms with van der Waals surface area (Å²) in [5.74, 6) is 0.539. The minimum atomic E-state index is -0.414. The van der Waals surface area contributed by atoms with Crippen molar-refractivity contribution >= 4 is 74.5 Å². The predicted octanol–water partition coefficient (Wildman–Crippen LogP) is 5.92. The second-order valence-electron chi connectivity index (χ2n) is 6.65. The van der Waals surface area contributed by atoms with Gasteiger partial charge in [-0.15, -0.1) is 0 Å². The number of thioether (sulfide) groups is 1. The molecule has 0 atom stereocenters. The van der Waals surface area contributed by atoms with Crippen molar-refractivity contribution in [1.82, 2.24) is 0 Å². The van der Waals surface area contributed by atoms with E-state index >= 15 is 0 Å². The van der Waals surface area contributed by atoms with Gasteiger partial charge < -0.3 is 9.47 Å². The van der Waals surface area contributed by atoms with Gasteiger partial charge in [-0.05, 0) is 82.8 Å². The summed E-state index contributed by atoms with van der Waals surface area (Å²) in [7, 11) is 1.59. The first-order chi connectivity index (χ1) is 15.5. The van der Waals surface area contributed by atoms with Crippen LogP contribution in [0, 0.1) is 3.57 Å². The molecule has 3 aromatic rings. The zero-order valence-corrected chi connectivity index (χ0v) is 20.6. The van der Waals surface area contributed by atoms with E-state index in [0.29, 0.717) is 32.0 Å². The van der Waals surface area contributed by atoms with Crippen molar-refractivity contribution in [3.05, 3.63) is 92.4 Å². The van der Waals surface area contributed by atoms with Gasteiger partial charge in [0.25, 0.3) is 5.91 Å². The summed E-state index contributed by atoms with van der Waals surface area (Å²) in [6, 6.07) is 21.4. The van der Waals surface area contributed by atoms with E-state index in [9.17, 15) is 9.59 Å². The molecule has 32 heavy (non-hydrogen) atoms. The fourth-order valence-corrected chi connectivity index (χ4v) is 4.90. The van der Waals surface area contributed by atoms with Crippen LogP contribution in [0.25, 0.3) is 6.08 Å². The summed E-state index contributed by atoms with van der Waals surface area (Å²) in [4.78, 5) is 27.3. The van der Waals surface area contributed by atoms with Gasteiger partial charge >= 0.3 is 5.97 Å². The Kier molecular flexibility index (Phi) is 6.92. The van der Waals surface area contributed by atoms with E-state index in [0.717, 1.165) is 9.13 Å². The molecule has 0 N–H and O–H groups in total. The number of methoxy groups -OCH3 is 1. The van der Waals surface area contributed by atoms with Crippen molar-refractivity contribution in [3.63, 3.8) is 0 Å². The van der Waals surface area contributed by atoms with E-state index in [2.05, 4.69) is 22.6 Å². The molecule has 1 heterocycles. The molecule has 0 radical (unpaired) electrons. The molecule has 1 amide bonds. The number of carbonyl (C=O) groups excluding carboxylic acids is 2. The fraction of sp³-hybridized carbons (Fsp3) is 0.0417. The van der Waals surface area contributed by atoms with E-state index < -0.39 is 5.97 Å². The highest BCUT2D eigenvalue weighted by atomic mass is 127. The molecule has 1 saturated heterocycles. The van der Waals surface area contributed by atoms with Crippen LogP contribution in [-0.4, -0.2) is 23.3 Å². The third-order valence-corrected chi connectivity index (χ3v) is 6.85. The Morgan fingerprint density at radius 1 is 1.00 bits per heavy atom. The second-order valence-corrected chi connectivity index (χ2v) is 9.49. The van der Waals surface area contributed by atoms with E-state index in [4.69, 9.17) is 21.7 Å². The number of carbonyl (C=O) groups is 2. The number of ether oxygens (including phenoxy) is 2. The van der Waals surface area contributed by atoms with Crippen LogP contribution in [0.1, 0.15) is 15.9 Å². The maximum absolute atomic E-state index is 12.9. The van der Waals surface area contributed by atoms with Gasteiger partial charge in [0.15, 0.2) is 4.32 Å². The highest BCUT2D eigenvalue weighted by molar-refractivity contribution is 14.1. The molecule has 0 aliphatic carbocycles. The molecule has 4 rings (SSSR count). The van der Waals surface area contributed by atoms with Gasteiger partial charge in [0.05, 0.1) is 23.3 Å². The number of halogens is 1. The molecule has 3 aromatic carbocycles. The number of anilines is 1. The lowest BCUT2D eigenvalue weighted by Gasteiger charge is -2.14. The first kappa shape index (κ1) is 22.5. The normalized spacial score (nSPS) is 14.7. The van der Waals surface area contributed by atoms with Crippen LogP contribution in [0.5, 0.6) is 11.5 Å². The van der Waals surface area contributed by atoms with Crippen molar-refractivity contribution < 1.29 is 19.1 Å². The molecule has 8 heteroatoms. The highest BCUT2D eigenvalue weighted by Gasteiger charge is 2.33. The minimum absolute atomic E-state index is 0.181. The molecule has 1 aliphatic heterocycles. The van der Waals surface area contributed by atoms with Crippen molar-refractivity contribution in [2.24, 2.45) is 0 Å². The molecule has 1 fully saturated rings. The third kappa shape index (κ3) is 4.87. The molecule has 0 unspecified atom stereocenters. The Bertz CT molecular complexity index is 1220. The molecule has 0 saturated carbocycles. The lowest BCUT2D eigenvalue weighted by atomic mass is 10.2. The SMILES string of the molecule is COc1ccc(N2C(=O)/C(=C\c3ccc(OC(=O)c4ccccc4I)cc3)SC2=S)cc1. The van der Waals surface area contributed by atoms with Crippen molar-refractivity contribution in [2.45, 2.75) is 0 Å². The van der Waals surface area contributed by atoms with E-state index in [1.54, 1.807) is 73.8 Å². The van der Waals surface area contributed by atoms with Gasteiger partial charge in [-0.2, -0.15) is 0 Å². The largest absolute Gasteiger partial charge is 0.497 e. The van der Waals surface area contributed by atoms with Gasteiger partial charge in [0.2, 0.25) is 0 Å². The number of thiocarbonyl (C=S) groups is 1. The van der Waals surface area contributed by atoms with Crippen LogP contribution in [0.15, 0.2) is 77.7 Å². The van der Waals surface area contributed by atoms with Crippen LogP contribution in [0.4, 0.5) is 5.69 Å². The number of amides is 1. The molecule has 0 aromatic heterocycles. The average molecular weight is 573 g/mol. The predicted molar refractivity (Wildman–Crippen MR) is 139 cm³/mol. The van der Waals surface area contributed by atoms with Crippen molar-refractivity contribution in [2.75, 3.05) is 12.0 Å². The number of nitrogens with zero attached hydrogens (tertiary/aromatic N) is 1. The fourth-order valence-electron chi connectivity index (χ4n) is 2.99. The van der Waals surface area contributed by atoms with Gasteiger partial charge in [0, 0.05) is 3.57 Å². The molecular formula is C24H16INO4S2. The first-order valence-electron chi connectivity index (χ1n) is 9.45. The number of hydrogen-bond acceptors (Lipinski definition) is 6. The Morgan fingerprint density at radius 3 is 2.31 bits per heavy atom. The van der Waals surface area contributed by atoms with E-state index in [1.807, 2.05) is 12.1 Å². The first-order valence-corrected chi connectivity index (χ1v) is 11.8. The Labute approximate surface area is 208 Å². The standard InChI is InChI=1S/C24H16INO4S2/c1-29-17-12-8-16(9-13-17)26-22(27)21(32-24(26)31)14-15-6-10-18(11-7-15)30-23(28)19-4-2-3-5-20(19)25/h2-14H,1H3/b21-14+. The molecule has 160 valence electrons. The number of esters is 1. The zero-order chi connectivity index (χ0) is 22.7. The van der Waals surface area contributed by atoms with Crippen LogP contribution in [0.2, 0.25) is 0 Å². The zero-order valence-electron chi connectivity index (χ0n) is 16.8. The molecule has 0 spiro atoms. The Morgan fingerprint density at radius 2 is 1.66 bits per heavy atom. The highest BCUT2D eigenvalue weighted by Crippen LogP contribution is 2.36. The summed E-state index contributed by atoms with van der Waals surface area (Å²) in [5.41, 5.74) is 2.00. The maximum atomic E-state index is 12.9. The van der Waals surface area contributed by atoms with E-state index in [-0.39, 0.29) is 5.91 Å². The van der Waals surface area contributed by atoms with E-state index in [1.165, 1.54) is 16.7 Å². The van der Waals surface area contributed by atoms with Crippen LogP contribution in [0.3, 0.4) is 0 Å². The maximum Gasteiger partial charge on any atom is 0.344 e. The van der Waals surface area contributed by atoms with Gasteiger partial charge in [0.1, 0.15) is 11.5 Å². The summed E-state index contributed by atoms with van der Waals surface area (Å²) in [6.07, 6.45) is 1.77. The van der Waals surface area contributed by atoms with Gasteiger partial charge in [-0.3, -0.25) is 9.69 Å². The summed E-state index contributed by atoms with van der Waals surface area (Å²) >= 11 is 8.76. The van der Waals surface area contributed by atoms with Gasteiger partial charge in [-0.1, -0.05) is 48.2 Å². The van der Waals surface area contributed by atoms with Crippen LogP contribution >= 0.6 is 46.6 Å². The summed E-state index contributed by atoms with van der Waals surface area (Å²) < 4.78 is 11.9. The lowest BCUT2D eigenvalue weighted by molar-refractivity contribution is -0.113. The number of benzene rings is 3. The van der Waals surface area contributed by atoms with Gasteiger partial charge in [-0.25, -0.2) is 4.79 Å². The quantitative estimate of drug-likeness (QED) is 0.124. The summed E-state index contributed by atoms with van der Waals surface area (Å²) in [6.45, 7) is 0. The average Bonchev–Trinajstić information content (AvgIpc) is 3.08. The summed E-state index contributed by atoms with van der Waals surface area (Å²) in [5, 5.41) is 0. The van der Waals surface area contributed by atoms with Crippen LogP contribution in [-0.2, 0) is 4.79 Å². The Balaban J connectivity index is 1.48. The number of hydrogen-bond donors (Lipinski definition) is 0. The number of rotatable bonds is 5. The minimum Gasteiger partial charge on any atom is -0.497 e. The van der Waals surface area contributed by atoms with Crippen LogP contribution < -0.4 is 14.4 Å². The molecule has 0 bridgehead atoms. The smallest absolute Gasteiger partial charge is 0.344 e. The second kappa shape index (κ2) is 9.85. The molecule has 1 aliphatic rings. The molecular weight excluding hydrogens is 557 g/mol. The Hall–Kier alpha value is -2.69. The lowest BCUT2D eigenvalue weighted by Crippen LogP contribution is -2.27. The molecule has 5 nitrogen and oxygen atoms in total. The van der Waals surface area contributed by atoms with Crippen molar-refractivity contribution in [3.8, 4) is 11.5 Å². The van der Waals surface area contributed by atoms with Crippen molar-refractivity contribution in [1.29, 1.82) is 0 Å². The topological polar surface area (TPSA) is 55.8 Å². The third-order valence-electron chi connectivity index (χ3n) is 4.61. The monoisotopic (exact) mass is 573 g/mol.